The third kappa shape index (κ3) is 6.28. The summed E-state index contributed by atoms with van der Waals surface area (Å²) in [5.41, 5.74) is 1.01. The molecule has 4 atom stereocenters. The van der Waals surface area contributed by atoms with E-state index in [1.54, 1.807) is 22.6 Å². The molecule has 1 heterocycles. The maximum atomic E-state index is 13.7. The molecule has 2 fully saturated rings. The SMILES string of the molecule is CC(=O)N[C@@H]1C[C@@H](C(=O)N[C@H](c2cccc(Cl)c2)C2CCCC2)N(CC(F)I)C1. The Hall–Kier alpha value is -0.930. The number of amides is 2. The molecule has 160 valence electrons. The molecule has 29 heavy (non-hydrogen) atoms. The van der Waals surface area contributed by atoms with E-state index in [9.17, 15) is 14.0 Å². The van der Waals surface area contributed by atoms with Crippen LogP contribution in [-0.2, 0) is 9.59 Å². The number of rotatable bonds is 7. The number of carbonyl (C=O) groups is 2. The van der Waals surface area contributed by atoms with Crippen molar-refractivity contribution in [3.05, 3.63) is 34.9 Å². The van der Waals surface area contributed by atoms with Gasteiger partial charge in [0, 0.05) is 31.1 Å². The average Bonchev–Trinajstić information content (AvgIpc) is 3.28. The highest BCUT2D eigenvalue weighted by Gasteiger charge is 2.39. The molecular weight excluding hydrogens is 508 g/mol. The average molecular weight is 536 g/mol. The van der Waals surface area contributed by atoms with Crippen LogP contribution in [0.3, 0.4) is 0 Å². The van der Waals surface area contributed by atoms with E-state index in [1.807, 2.05) is 29.2 Å². The van der Waals surface area contributed by atoms with E-state index in [-0.39, 0.29) is 30.4 Å². The van der Waals surface area contributed by atoms with Gasteiger partial charge in [-0.3, -0.25) is 14.5 Å². The normalized spacial score (nSPS) is 25.0. The smallest absolute Gasteiger partial charge is 0.237 e. The minimum Gasteiger partial charge on any atom is -0.352 e. The lowest BCUT2D eigenvalue weighted by Gasteiger charge is -2.29. The highest BCUT2D eigenvalue weighted by atomic mass is 127. The quantitative estimate of drug-likeness (QED) is 0.410. The molecule has 2 amide bonds. The molecule has 0 radical (unpaired) electrons. The van der Waals surface area contributed by atoms with Crippen molar-refractivity contribution in [3.63, 3.8) is 0 Å². The zero-order chi connectivity index (χ0) is 21.0. The number of hydrogen-bond acceptors (Lipinski definition) is 3. The number of benzene rings is 1. The molecule has 1 aromatic carbocycles. The largest absolute Gasteiger partial charge is 0.352 e. The van der Waals surface area contributed by atoms with Crippen LogP contribution >= 0.6 is 34.2 Å². The summed E-state index contributed by atoms with van der Waals surface area (Å²) < 4.78 is 12.6. The van der Waals surface area contributed by atoms with Gasteiger partial charge in [-0.2, -0.15) is 0 Å². The van der Waals surface area contributed by atoms with E-state index in [1.165, 1.54) is 6.92 Å². The zero-order valence-corrected chi connectivity index (χ0v) is 19.5. The van der Waals surface area contributed by atoms with E-state index in [4.69, 9.17) is 11.6 Å². The van der Waals surface area contributed by atoms with Crippen molar-refractivity contribution in [2.75, 3.05) is 13.1 Å². The van der Waals surface area contributed by atoms with Gasteiger partial charge in [0.1, 0.15) is 0 Å². The summed E-state index contributed by atoms with van der Waals surface area (Å²) in [6, 6.07) is 6.95. The van der Waals surface area contributed by atoms with Gasteiger partial charge in [-0.05, 0) is 65.5 Å². The Labute approximate surface area is 190 Å². The summed E-state index contributed by atoms with van der Waals surface area (Å²) in [5, 5.41) is 6.77. The second kappa shape index (κ2) is 10.4. The number of nitrogens with one attached hydrogen (secondary N) is 2. The summed E-state index contributed by atoms with van der Waals surface area (Å²) in [4.78, 5) is 26.6. The standard InChI is InChI=1S/C21H28ClFIN3O2/c1-13(28)25-17-10-18(27(11-17)12-19(23)24)21(29)26-20(14-5-2-3-6-14)15-7-4-8-16(22)9-15/h4,7-9,14,17-20H,2-3,5-6,10-12H2,1H3,(H,25,28)(H,26,29)/t17-,18+,19?,20+/m1/s1. The van der Waals surface area contributed by atoms with E-state index in [0.29, 0.717) is 23.9 Å². The van der Waals surface area contributed by atoms with E-state index in [0.717, 1.165) is 31.2 Å². The first kappa shape index (κ1) is 22.7. The van der Waals surface area contributed by atoms with Gasteiger partial charge in [0.25, 0.3) is 0 Å². The minimum absolute atomic E-state index is 0.105. The van der Waals surface area contributed by atoms with Crippen LogP contribution in [0.1, 0.15) is 50.6 Å². The first-order chi connectivity index (χ1) is 13.8. The third-order valence-electron chi connectivity index (χ3n) is 5.86. The van der Waals surface area contributed by atoms with Gasteiger partial charge in [0.05, 0.1) is 12.1 Å². The molecule has 1 aliphatic heterocycles. The first-order valence-electron chi connectivity index (χ1n) is 10.2. The van der Waals surface area contributed by atoms with Crippen LogP contribution in [0.5, 0.6) is 0 Å². The molecule has 2 N–H and O–H groups in total. The fraction of sp³-hybridized carbons (Fsp3) is 0.619. The van der Waals surface area contributed by atoms with Crippen molar-refractivity contribution >= 4 is 46.0 Å². The predicted molar refractivity (Wildman–Crippen MR) is 121 cm³/mol. The lowest BCUT2D eigenvalue weighted by Crippen LogP contribution is -2.46. The molecule has 1 unspecified atom stereocenters. The molecule has 1 saturated carbocycles. The van der Waals surface area contributed by atoms with Crippen LogP contribution < -0.4 is 10.6 Å². The van der Waals surface area contributed by atoms with Gasteiger partial charge in [0.15, 0.2) is 4.18 Å². The molecule has 1 aliphatic carbocycles. The Bertz CT molecular complexity index is 730. The fourth-order valence-corrected chi connectivity index (χ4v) is 5.37. The van der Waals surface area contributed by atoms with E-state index < -0.39 is 10.2 Å². The van der Waals surface area contributed by atoms with E-state index in [2.05, 4.69) is 10.6 Å². The summed E-state index contributed by atoms with van der Waals surface area (Å²) in [7, 11) is 0. The van der Waals surface area contributed by atoms with Gasteiger partial charge in [0.2, 0.25) is 11.8 Å². The number of halogens is 3. The topological polar surface area (TPSA) is 61.4 Å². The number of likely N-dealkylation sites (tertiary alicyclic amines) is 1. The monoisotopic (exact) mass is 535 g/mol. The molecule has 8 heteroatoms. The molecule has 1 saturated heterocycles. The van der Waals surface area contributed by atoms with Gasteiger partial charge < -0.3 is 10.6 Å². The third-order valence-corrected chi connectivity index (χ3v) is 6.49. The molecule has 0 bridgehead atoms. The number of alkyl halides is 2. The van der Waals surface area contributed by atoms with Gasteiger partial charge >= 0.3 is 0 Å². The predicted octanol–water partition coefficient (Wildman–Crippen LogP) is 4.00. The van der Waals surface area contributed by atoms with Gasteiger partial charge in [-0.1, -0.05) is 36.6 Å². The second-order valence-electron chi connectivity index (χ2n) is 8.08. The van der Waals surface area contributed by atoms with Crippen LogP contribution in [0.4, 0.5) is 4.39 Å². The zero-order valence-electron chi connectivity index (χ0n) is 16.5. The van der Waals surface area contributed by atoms with Crippen LogP contribution in [0.25, 0.3) is 0 Å². The first-order valence-corrected chi connectivity index (χ1v) is 11.8. The van der Waals surface area contributed by atoms with Crippen molar-refractivity contribution in [1.82, 2.24) is 15.5 Å². The summed E-state index contributed by atoms with van der Waals surface area (Å²) in [5.74, 6) is 0.133. The van der Waals surface area contributed by atoms with Crippen LogP contribution in [0, 0.1) is 5.92 Å². The maximum absolute atomic E-state index is 13.7. The number of hydrogen-bond donors (Lipinski definition) is 2. The summed E-state index contributed by atoms with van der Waals surface area (Å²) in [6.45, 7) is 2.11. The molecule has 3 rings (SSSR count). The van der Waals surface area contributed by atoms with Gasteiger partial charge in [-0.25, -0.2) is 4.39 Å². The Morgan fingerprint density at radius 3 is 2.69 bits per heavy atom. The van der Waals surface area contributed by atoms with Crippen LogP contribution in [0.2, 0.25) is 5.02 Å². The molecule has 0 aromatic heterocycles. The van der Waals surface area contributed by atoms with E-state index >= 15 is 0 Å². The molecule has 5 nitrogen and oxygen atoms in total. The van der Waals surface area contributed by atoms with Gasteiger partial charge in [-0.15, -0.1) is 0 Å². The van der Waals surface area contributed by atoms with Crippen molar-refractivity contribution < 1.29 is 14.0 Å². The molecule has 2 aliphatic rings. The number of carbonyl (C=O) groups excluding carboxylic acids is 2. The minimum atomic E-state index is -1.07. The Kier molecular flexibility index (Phi) is 8.15. The van der Waals surface area contributed by atoms with Crippen molar-refractivity contribution in [3.8, 4) is 0 Å². The lowest BCUT2D eigenvalue weighted by atomic mass is 9.91. The summed E-state index contributed by atoms with van der Waals surface area (Å²) in [6.07, 6.45) is 4.95. The van der Waals surface area contributed by atoms with Crippen LogP contribution in [-0.4, -0.2) is 46.1 Å². The maximum Gasteiger partial charge on any atom is 0.237 e. The Balaban J connectivity index is 1.77. The highest BCUT2D eigenvalue weighted by Crippen LogP contribution is 2.37. The van der Waals surface area contributed by atoms with Crippen LogP contribution in [0.15, 0.2) is 24.3 Å². The number of nitrogens with zero attached hydrogens (tertiary/aromatic N) is 1. The molecular formula is C21H28ClFIN3O2. The van der Waals surface area contributed by atoms with Crippen molar-refractivity contribution in [1.29, 1.82) is 0 Å². The Morgan fingerprint density at radius 1 is 1.34 bits per heavy atom. The summed E-state index contributed by atoms with van der Waals surface area (Å²) >= 11 is 7.93. The molecule has 1 aromatic rings. The molecule has 0 spiro atoms. The fourth-order valence-electron chi connectivity index (χ4n) is 4.66. The van der Waals surface area contributed by atoms with Crippen molar-refractivity contribution in [2.45, 2.75) is 61.3 Å². The highest BCUT2D eigenvalue weighted by molar-refractivity contribution is 14.1. The lowest BCUT2D eigenvalue weighted by molar-refractivity contribution is -0.127. The Morgan fingerprint density at radius 2 is 2.07 bits per heavy atom. The van der Waals surface area contributed by atoms with Crippen molar-refractivity contribution in [2.24, 2.45) is 5.92 Å². The second-order valence-corrected chi connectivity index (χ2v) is 9.87.